The number of methoxy groups -OCH3 is 1. The highest BCUT2D eigenvalue weighted by Gasteiger charge is 2.48. The summed E-state index contributed by atoms with van der Waals surface area (Å²) in [4.78, 5) is 26.1. The van der Waals surface area contributed by atoms with Crippen molar-refractivity contribution in [3.63, 3.8) is 0 Å². The quantitative estimate of drug-likeness (QED) is 0.754. The minimum atomic E-state index is -0.675. The van der Waals surface area contributed by atoms with Crippen molar-refractivity contribution in [2.24, 2.45) is 11.1 Å². The topological polar surface area (TPSA) is 81.9 Å². The molecule has 0 aromatic carbocycles. The van der Waals surface area contributed by atoms with Gasteiger partial charge >= 0.3 is 5.97 Å². The maximum Gasteiger partial charge on any atom is 0.307 e. The van der Waals surface area contributed by atoms with Crippen LogP contribution in [0.3, 0.4) is 0 Å². The van der Waals surface area contributed by atoms with Gasteiger partial charge in [0.25, 0.3) is 0 Å². The number of hydrogen-bond acceptors (Lipinski definition) is 5. The molecule has 2 aliphatic rings. The lowest BCUT2D eigenvalue weighted by molar-refractivity contribution is -0.149. The second-order valence-electron chi connectivity index (χ2n) is 5.97. The first-order valence-electron chi connectivity index (χ1n) is 7.20. The zero-order valence-electron chi connectivity index (χ0n) is 12.3. The Bertz CT molecular complexity index is 387. The first-order chi connectivity index (χ1) is 9.49. The molecular weight excluding hydrogens is 260 g/mol. The highest BCUT2D eigenvalue weighted by Crippen LogP contribution is 2.32. The predicted molar refractivity (Wildman–Crippen MR) is 72.9 cm³/mol. The van der Waals surface area contributed by atoms with E-state index < -0.39 is 5.41 Å². The van der Waals surface area contributed by atoms with Crippen LogP contribution in [0, 0.1) is 5.41 Å². The fourth-order valence-electron chi connectivity index (χ4n) is 2.99. The number of nitrogens with zero attached hydrogens (tertiary/aromatic N) is 1. The monoisotopic (exact) mass is 284 g/mol. The van der Waals surface area contributed by atoms with Crippen LogP contribution in [-0.2, 0) is 19.1 Å². The molecule has 2 fully saturated rings. The fraction of sp³-hybridized carbons (Fsp3) is 0.857. The van der Waals surface area contributed by atoms with E-state index in [0.717, 1.165) is 19.3 Å². The zero-order valence-corrected chi connectivity index (χ0v) is 12.3. The zero-order chi connectivity index (χ0) is 14.8. The van der Waals surface area contributed by atoms with Crippen molar-refractivity contribution in [2.45, 2.75) is 44.7 Å². The van der Waals surface area contributed by atoms with E-state index in [-0.39, 0.29) is 30.4 Å². The second kappa shape index (κ2) is 6.10. The average molecular weight is 284 g/mol. The number of nitrogens with two attached hydrogens (primary N) is 1. The number of amides is 1. The molecule has 2 saturated heterocycles. The molecule has 2 aliphatic heterocycles. The Morgan fingerprint density at radius 2 is 2.20 bits per heavy atom. The van der Waals surface area contributed by atoms with E-state index in [0.29, 0.717) is 19.8 Å². The molecular formula is C14H24N2O4. The molecule has 2 heterocycles. The molecule has 1 amide bonds. The Labute approximate surface area is 119 Å². The highest BCUT2D eigenvalue weighted by atomic mass is 16.5. The molecule has 2 N–H and O–H groups in total. The first-order valence-corrected chi connectivity index (χ1v) is 7.20. The lowest BCUT2D eigenvalue weighted by Gasteiger charge is -2.40. The molecule has 0 aromatic heterocycles. The number of hydrogen-bond donors (Lipinski definition) is 1. The van der Waals surface area contributed by atoms with E-state index >= 15 is 0 Å². The van der Waals surface area contributed by atoms with E-state index in [9.17, 15) is 9.59 Å². The molecule has 0 radical (unpaired) electrons. The van der Waals surface area contributed by atoms with Gasteiger partial charge in [-0.3, -0.25) is 9.59 Å². The smallest absolute Gasteiger partial charge is 0.307 e. The minimum absolute atomic E-state index is 0.0103. The predicted octanol–water partition coefficient (Wildman–Crippen LogP) is 0.294. The lowest BCUT2D eigenvalue weighted by Crippen LogP contribution is -2.55. The van der Waals surface area contributed by atoms with Crippen LogP contribution < -0.4 is 5.73 Å². The van der Waals surface area contributed by atoms with Crippen LogP contribution in [0.5, 0.6) is 0 Å². The maximum absolute atomic E-state index is 12.8. The molecule has 0 spiro atoms. The van der Waals surface area contributed by atoms with Crippen LogP contribution in [-0.4, -0.2) is 55.7 Å². The fourth-order valence-corrected chi connectivity index (χ4v) is 2.99. The number of ether oxygens (including phenoxy) is 2. The normalized spacial score (nSPS) is 34.0. The molecule has 0 saturated carbocycles. The Morgan fingerprint density at radius 3 is 2.80 bits per heavy atom. The van der Waals surface area contributed by atoms with E-state index in [1.54, 1.807) is 0 Å². The lowest BCUT2D eigenvalue weighted by atomic mass is 9.82. The van der Waals surface area contributed by atoms with Gasteiger partial charge in [0.1, 0.15) is 0 Å². The van der Waals surface area contributed by atoms with Gasteiger partial charge in [0, 0.05) is 18.6 Å². The second-order valence-corrected chi connectivity index (χ2v) is 5.97. The van der Waals surface area contributed by atoms with Crippen molar-refractivity contribution in [3.8, 4) is 0 Å². The minimum Gasteiger partial charge on any atom is -0.469 e. The van der Waals surface area contributed by atoms with E-state index in [4.69, 9.17) is 15.2 Å². The molecule has 20 heavy (non-hydrogen) atoms. The third kappa shape index (κ3) is 2.81. The average Bonchev–Trinajstić information content (AvgIpc) is 2.79. The SMILES string of the molecule is COC(=O)CC1CCCCN1C(=O)C1(C)COCC1N. The van der Waals surface area contributed by atoms with Crippen LogP contribution in [0.15, 0.2) is 0 Å². The maximum atomic E-state index is 12.8. The molecule has 0 aliphatic carbocycles. The van der Waals surface area contributed by atoms with Crippen molar-refractivity contribution in [2.75, 3.05) is 26.9 Å². The number of rotatable bonds is 3. The van der Waals surface area contributed by atoms with Crippen LogP contribution in [0.4, 0.5) is 0 Å². The molecule has 3 atom stereocenters. The van der Waals surface area contributed by atoms with Crippen LogP contribution in [0.25, 0.3) is 0 Å². The summed E-state index contributed by atoms with van der Waals surface area (Å²) >= 11 is 0. The summed E-state index contributed by atoms with van der Waals surface area (Å²) in [5.74, 6) is -0.261. The third-order valence-corrected chi connectivity index (χ3v) is 4.52. The largest absolute Gasteiger partial charge is 0.469 e. The van der Waals surface area contributed by atoms with Gasteiger partial charge in [-0.2, -0.15) is 0 Å². The molecule has 2 rings (SSSR count). The van der Waals surface area contributed by atoms with Gasteiger partial charge in [0.15, 0.2) is 0 Å². The highest BCUT2D eigenvalue weighted by molar-refractivity contribution is 5.84. The van der Waals surface area contributed by atoms with E-state index in [1.807, 2.05) is 11.8 Å². The Hall–Kier alpha value is -1.14. The summed E-state index contributed by atoms with van der Waals surface area (Å²) in [5.41, 5.74) is 5.35. The molecule has 114 valence electrons. The molecule has 6 nitrogen and oxygen atoms in total. The standard InChI is InChI=1S/C14H24N2O4/c1-14(9-20-8-11(14)15)13(18)16-6-4-3-5-10(16)7-12(17)19-2/h10-11H,3-9,15H2,1-2H3. The van der Waals surface area contributed by atoms with E-state index in [2.05, 4.69) is 0 Å². The number of esters is 1. The number of likely N-dealkylation sites (tertiary alicyclic amines) is 1. The summed E-state index contributed by atoms with van der Waals surface area (Å²) in [6, 6.07) is -0.357. The van der Waals surface area contributed by atoms with Crippen molar-refractivity contribution >= 4 is 11.9 Å². The molecule has 3 unspecified atom stereocenters. The van der Waals surface area contributed by atoms with Gasteiger partial charge in [-0.1, -0.05) is 0 Å². The summed E-state index contributed by atoms with van der Waals surface area (Å²) in [6.07, 6.45) is 3.10. The number of carbonyl (C=O) groups excluding carboxylic acids is 2. The molecule has 0 bridgehead atoms. The Morgan fingerprint density at radius 1 is 1.45 bits per heavy atom. The summed E-state index contributed by atoms with van der Waals surface area (Å²) < 4.78 is 10.1. The third-order valence-electron chi connectivity index (χ3n) is 4.52. The Kier molecular flexibility index (Phi) is 4.65. The first kappa shape index (κ1) is 15.3. The number of piperidine rings is 1. The summed E-state index contributed by atoms with van der Waals surface area (Å²) in [5, 5.41) is 0. The molecule has 0 aromatic rings. The summed E-state index contributed by atoms with van der Waals surface area (Å²) in [7, 11) is 1.37. The van der Waals surface area contributed by atoms with Crippen molar-refractivity contribution in [3.05, 3.63) is 0 Å². The van der Waals surface area contributed by atoms with Crippen LogP contribution in [0.2, 0.25) is 0 Å². The van der Waals surface area contributed by atoms with Gasteiger partial charge in [0.2, 0.25) is 5.91 Å². The van der Waals surface area contributed by atoms with Gasteiger partial charge < -0.3 is 20.1 Å². The van der Waals surface area contributed by atoms with E-state index in [1.165, 1.54) is 7.11 Å². The number of carbonyl (C=O) groups is 2. The van der Waals surface area contributed by atoms with Crippen molar-refractivity contribution < 1.29 is 19.1 Å². The van der Waals surface area contributed by atoms with Crippen molar-refractivity contribution in [1.82, 2.24) is 4.90 Å². The van der Waals surface area contributed by atoms with Gasteiger partial charge in [-0.25, -0.2) is 0 Å². The Balaban J connectivity index is 2.11. The van der Waals surface area contributed by atoms with Gasteiger partial charge in [-0.05, 0) is 26.2 Å². The molecule has 6 heteroatoms. The van der Waals surface area contributed by atoms with Crippen LogP contribution in [0.1, 0.15) is 32.6 Å². The van der Waals surface area contributed by atoms with Crippen LogP contribution >= 0.6 is 0 Å². The van der Waals surface area contributed by atoms with Gasteiger partial charge in [-0.15, -0.1) is 0 Å². The summed E-state index contributed by atoms with van der Waals surface area (Å²) in [6.45, 7) is 3.31. The van der Waals surface area contributed by atoms with Crippen molar-refractivity contribution in [1.29, 1.82) is 0 Å². The van der Waals surface area contributed by atoms with Gasteiger partial charge in [0.05, 0.1) is 32.2 Å².